The molecule has 1 aromatic carbocycles. The third-order valence-electron chi connectivity index (χ3n) is 6.01. The van der Waals surface area contributed by atoms with Crippen molar-refractivity contribution in [3.63, 3.8) is 0 Å². The van der Waals surface area contributed by atoms with Gasteiger partial charge in [-0.15, -0.1) is 0 Å². The number of carbonyl (C=O) groups excluding carboxylic acids is 2. The van der Waals surface area contributed by atoms with E-state index in [1.807, 2.05) is 55.0 Å². The van der Waals surface area contributed by atoms with Gasteiger partial charge in [0.1, 0.15) is 5.65 Å². The third kappa shape index (κ3) is 4.15. The molecule has 2 heterocycles. The van der Waals surface area contributed by atoms with Gasteiger partial charge < -0.3 is 14.6 Å². The molecule has 4 rings (SSSR count). The lowest BCUT2D eigenvalue weighted by atomic mass is 10.1. The van der Waals surface area contributed by atoms with Gasteiger partial charge in [0.2, 0.25) is 5.91 Å². The first kappa shape index (κ1) is 20.6. The van der Waals surface area contributed by atoms with Crippen LogP contribution in [0.15, 0.2) is 48.8 Å². The molecule has 0 unspecified atom stereocenters. The smallest absolute Gasteiger partial charge is 0.253 e. The van der Waals surface area contributed by atoms with Crippen LogP contribution in [0.3, 0.4) is 0 Å². The van der Waals surface area contributed by atoms with E-state index in [2.05, 4.69) is 16.4 Å². The van der Waals surface area contributed by atoms with Crippen molar-refractivity contribution >= 4 is 17.5 Å². The van der Waals surface area contributed by atoms with Crippen LogP contribution in [0.4, 0.5) is 0 Å². The van der Waals surface area contributed by atoms with Crippen molar-refractivity contribution in [2.24, 2.45) is 5.92 Å². The van der Waals surface area contributed by atoms with E-state index in [9.17, 15) is 9.59 Å². The van der Waals surface area contributed by atoms with Crippen LogP contribution in [0.25, 0.3) is 16.9 Å². The average molecular weight is 415 g/mol. The number of benzene rings is 1. The molecule has 2 atom stereocenters. The number of amides is 2. The molecule has 0 aliphatic heterocycles. The maximum absolute atomic E-state index is 13.0. The zero-order valence-corrected chi connectivity index (χ0v) is 17.7. The van der Waals surface area contributed by atoms with E-state index >= 15 is 0 Å². The van der Waals surface area contributed by atoms with Crippen LogP contribution < -0.4 is 5.32 Å². The van der Waals surface area contributed by atoms with Gasteiger partial charge in [0.15, 0.2) is 0 Å². The summed E-state index contributed by atoms with van der Waals surface area (Å²) in [5.41, 5.74) is 3.57. The number of nitriles is 1. The van der Waals surface area contributed by atoms with Gasteiger partial charge in [-0.1, -0.05) is 12.1 Å². The maximum Gasteiger partial charge on any atom is 0.253 e. The fraction of sp³-hybridized carbons (Fsp3) is 0.333. The molecule has 1 fully saturated rings. The number of rotatable bonds is 5. The van der Waals surface area contributed by atoms with Crippen LogP contribution in [-0.4, -0.2) is 45.7 Å². The Bertz CT molecular complexity index is 1160. The molecule has 31 heavy (non-hydrogen) atoms. The molecule has 0 saturated heterocycles. The van der Waals surface area contributed by atoms with E-state index in [1.54, 1.807) is 17.0 Å². The van der Waals surface area contributed by atoms with Crippen LogP contribution in [-0.2, 0) is 4.79 Å². The van der Waals surface area contributed by atoms with Crippen molar-refractivity contribution in [1.82, 2.24) is 19.6 Å². The van der Waals surface area contributed by atoms with Crippen molar-refractivity contribution in [2.45, 2.75) is 32.2 Å². The Morgan fingerprint density at radius 3 is 2.74 bits per heavy atom. The molecule has 0 bridgehead atoms. The lowest BCUT2D eigenvalue weighted by Crippen LogP contribution is -2.36. The van der Waals surface area contributed by atoms with Crippen LogP contribution in [0.2, 0.25) is 0 Å². The number of aromatic nitrogens is 2. The van der Waals surface area contributed by atoms with Gasteiger partial charge in [-0.25, -0.2) is 4.98 Å². The highest BCUT2D eigenvalue weighted by atomic mass is 16.2. The summed E-state index contributed by atoms with van der Waals surface area (Å²) in [5, 5.41) is 11.9. The van der Waals surface area contributed by atoms with Crippen LogP contribution >= 0.6 is 0 Å². The first-order valence-corrected chi connectivity index (χ1v) is 10.5. The number of hydrogen-bond donors (Lipinski definition) is 1. The zero-order chi connectivity index (χ0) is 22.0. The predicted octanol–water partition coefficient (Wildman–Crippen LogP) is 3.25. The molecule has 0 radical (unpaired) electrons. The van der Waals surface area contributed by atoms with Crippen molar-refractivity contribution in [3.05, 3.63) is 59.9 Å². The minimum Gasteiger partial charge on any atom is -0.356 e. The topological polar surface area (TPSA) is 90.5 Å². The molecule has 1 saturated carbocycles. The average Bonchev–Trinajstić information content (AvgIpc) is 3.45. The summed E-state index contributed by atoms with van der Waals surface area (Å²) >= 11 is 0. The second kappa shape index (κ2) is 8.60. The maximum atomic E-state index is 13.0. The number of carbonyl (C=O) groups is 2. The Balaban J connectivity index is 1.46. The SMILES string of the molecule is CCNC(=O)[C@H]1CC[C@@H](N(C)C(=O)c2ccc(-c3cn4ccc(C#N)cc4n3)cc2)C1. The Labute approximate surface area is 181 Å². The van der Waals surface area contributed by atoms with Gasteiger partial charge >= 0.3 is 0 Å². The minimum absolute atomic E-state index is 0.0147. The summed E-state index contributed by atoms with van der Waals surface area (Å²) in [5.74, 6) is 0.0329. The first-order valence-electron chi connectivity index (χ1n) is 10.5. The molecule has 1 N–H and O–H groups in total. The quantitative estimate of drug-likeness (QED) is 0.693. The second-order valence-corrected chi connectivity index (χ2v) is 7.97. The monoisotopic (exact) mass is 415 g/mol. The minimum atomic E-state index is -0.0400. The molecule has 1 aliphatic carbocycles. The van der Waals surface area contributed by atoms with E-state index in [0.717, 1.165) is 24.1 Å². The molecular weight excluding hydrogens is 390 g/mol. The summed E-state index contributed by atoms with van der Waals surface area (Å²) < 4.78 is 1.87. The number of hydrogen-bond acceptors (Lipinski definition) is 4. The Morgan fingerprint density at radius 2 is 2.03 bits per heavy atom. The fourth-order valence-corrected chi connectivity index (χ4v) is 4.21. The highest BCUT2D eigenvalue weighted by Gasteiger charge is 2.33. The van der Waals surface area contributed by atoms with Crippen molar-refractivity contribution in [1.29, 1.82) is 5.26 Å². The number of nitrogens with zero attached hydrogens (tertiary/aromatic N) is 4. The van der Waals surface area contributed by atoms with E-state index in [4.69, 9.17) is 5.26 Å². The number of pyridine rings is 1. The molecule has 158 valence electrons. The van der Waals surface area contributed by atoms with Gasteiger partial charge in [0, 0.05) is 49.1 Å². The summed E-state index contributed by atoms with van der Waals surface area (Å²) in [6.07, 6.45) is 6.08. The van der Waals surface area contributed by atoms with Crippen molar-refractivity contribution in [3.8, 4) is 17.3 Å². The Hall–Kier alpha value is -3.66. The third-order valence-corrected chi connectivity index (χ3v) is 6.01. The van der Waals surface area contributed by atoms with Gasteiger partial charge in [-0.05, 0) is 50.5 Å². The highest BCUT2D eigenvalue weighted by Crippen LogP contribution is 2.30. The second-order valence-electron chi connectivity index (χ2n) is 7.97. The fourth-order valence-electron chi connectivity index (χ4n) is 4.21. The van der Waals surface area contributed by atoms with Gasteiger partial charge in [0.05, 0.1) is 17.3 Å². The van der Waals surface area contributed by atoms with Crippen LogP contribution in [0.1, 0.15) is 42.1 Å². The van der Waals surface area contributed by atoms with Crippen molar-refractivity contribution in [2.75, 3.05) is 13.6 Å². The van der Waals surface area contributed by atoms with E-state index in [0.29, 0.717) is 29.7 Å². The number of imidazole rings is 1. The normalized spacial score (nSPS) is 18.0. The summed E-state index contributed by atoms with van der Waals surface area (Å²) in [6.45, 7) is 2.55. The van der Waals surface area contributed by atoms with E-state index < -0.39 is 0 Å². The van der Waals surface area contributed by atoms with Gasteiger partial charge in [-0.2, -0.15) is 5.26 Å². The molecule has 0 spiro atoms. The van der Waals surface area contributed by atoms with E-state index in [1.165, 1.54) is 0 Å². The highest BCUT2D eigenvalue weighted by molar-refractivity contribution is 5.94. The lowest BCUT2D eigenvalue weighted by molar-refractivity contribution is -0.124. The number of nitrogens with one attached hydrogen (secondary N) is 1. The van der Waals surface area contributed by atoms with Crippen LogP contribution in [0, 0.1) is 17.2 Å². The van der Waals surface area contributed by atoms with Gasteiger partial charge in [0.25, 0.3) is 5.91 Å². The standard InChI is InChI=1S/C24H25N5O2/c1-3-26-23(30)19-8-9-20(13-19)28(2)24(31)18-6-4-17(5-7-18)21-15-29-11-10-16(14-25)12-22(29)27-21/h4-7,10-12,15,19-20H,3,8-9,13H2,1-2H3,(H,26,30)/t19-,20+/m0/s1. The van der Waals surface area contributed by atoms with E-state index in [-0.39, 0.29) is 23.8 Å². The largest absolute Gasteiger partial charge is 0.356 e. The summed E-state index contributed by atoms with van der Waals surface area (Å²) in [7, 11) is 1.82. The molecular formula is C24H25N5O2. The van der Waals surface area contributed by atoms with Crippen LogP contribution in [0.5, 0.6) is 0 Å². The molecule has 1 aliphatic rings. The first-order chi connectivity index (χ1) is 15.0. The zero-order valence-electron chi connectivity index (χ0n) is 17.7. The summed E-state index contributed by atoms with van der Waals surface area (Å²) in [4.78, 5) is 31.4. The molecule has 2 amide bonds. The molecule has 7 heteroatoms. The summed E-state index contributed by atoms with van der Waals surface area (Å²) in [6, 6.07) is 13.1. The Morgan fingerprint density at radius 1 is 1.26 bits per heavy atom. The van der Waals surface area contributed by atoms with Crippen molar-refractivity contribution < 1.29 is 9.59 Å². The molecule has 3 aromatic rings. The van der Waals surface area contributed by atoms with Gasteiger partial charge in [-0.3, -0.25) is 9.59 Å². The molecule has 2 aromatic heterocycles. The number of fused-ring (bicyclic) bond motifs is 1. The predicted molar refractivity (Wildman–Crippen MR) is 117 cm³/mol. The Kier molecular flexibility index (Phi) is 5.72. The lowest BCUT2D eigenvalue weighted by Gasteiger charge is -2.25. The molecule has 7 nitrogen and oxygen atoms in total.